The summed E-state index contributed by atoms with van der Waals surface area (Å²) < 4.78 is 0.951. The van der Waals surface area contributed by atoms with E-state index in [9.17, 15) is 4.79 Å². The Kier molecular flexibility index (Phi) is 4.28. The van der Waals surface area contributed by atoms with Crippen LogP contribution < -0.4 is 11.1 Å². The van der Waals surface area contributed by atoms with Crippen LogP contribution in [0, 0.1) is 0 Å². The summed E-state index contributed by atoms with van der Waals surface area (Å²) in [6.07, 6.45) is 1.60. The molecule has 4 rings (SSSR count). The van der Waals surface area contributed by atoms with E-state index in [-0.39, 0.29) is 11.7 Å². The van der Waals surface area contributed by atoms with Crippen LogP contribution in [-0.4, -0.2) is 15.9 Å². The van der Waals surface area contributed by atoms with Gasteiger partial charge in [0.15, 0.2) is 0 Å². The van der Waals surface area contributed by atoms with Crippen LogP contribution in [-0.2, 0) is 0 Å². The number of anilines is 2. The average molecular weight is 381 g/mol. The minimum atomic E-state index is -0.261. The first-order valence-electron chi connectivity index (χ1n) is 7.77. The van der Waals surface area contributed by atoms with Gasteiger partial charge in [0, 0.05) is 22.3 Å². The van der Waals surface area contributed by atoms with Crippen LogP contribution in [0.15, 0.2) is 60.2 Å². The molecule has 0 aliphatic heterocycles. The number of carbonyl (C=O) groups is 1. The number of pyridine rings is 1. The van der Waals surface area contributed by atoms with E-state index in [0.717, 1.165) is 21.3 Å². The van der Waals surface area contributed by atoms with Gasteiger partial charge in [-0.15, -0.1) is 11.3 Å². The van der Waals surface area contributed by atoms with Crippen molar-refractivity contribution in [2.24, 2.45) is 0 Å². The summed E-state index contributed by atoms with van der Waals surface area (Å²) in [7, 11) is 0. The van der Waals surface area contributed by atoms with Gasteiger partial charge in [-0.1, -0.05) is 23.7 Å². The minimum Gasteiger partial charge on any atom is -0.382 e. The Morgan fingerprint density at radius 3 is 2.85 bits per heavy atom. The van der Waals surface area contributed by atoms with Gasteiger partial charge in [-0.25, -0.2) is 9.97 Å². The predicted molar refractivity (Wildman–Crippen MR) is 107 cm³/mol. The minimum absolute atomic E-state index is 0.245. The number of hydrogen-bond acceptors (Lipinski definition) is 5. The first-order chi connectivity index (χ1) is 12.6. The molecule has 0 fully saturated rings. The molecule has 0 radical (unpaired) electrons. The van der Waals surface area contributed by atoms with Crippen LogP contribution in [0.25, 0.3) is 21.3 Å². The van der Waals surface area contributed by atoms with Gasteiger partial charge < -0.3 is 11.1 Å². The van der Waals surface area contributed by atoms with Gasteiger partial charge in [0.2, 0.25) is 0 Å². The zero-order valence-electron chi connectivity index (χ0n) is 13.4. The zero-order chi connectivity index (χ0) is 18.1. The number of thiazole rings is 1. The van der Waals surface area contributed by atoms with Crippen LogP contribution in [0.2, 0.25) is 5.02 Å². The molecule has 0 unspecified atom stereocenters. The molecule has 7 heteroatoms. The smallest absolute Gasteiger partial charge is 0.255 e. The van der Waals surface area contributed by atoms with Crippen LogP contribution in [0.5, 0.6) is 0 Å². The second kappa shape index (κ2) is 6.74. The fourth-order valence-electron chi connectivity index (χ4n) is 2.69. The first kappa shape index (κ1) is 16.5. The monoisotopic (exact) mass is 380 g/mol. The van der Waals surface area contributed by atoms with E-state index in [4.69, 9.17) is 17.3 Å². The molecule has 0 saturated heterocycles. The van der Waals surface area contributed by atoms with Crippen molar-refractivity contribution in [1.29, 1.82) is 0 Å². The average Bonchev–Trinajstić information content (AvgIpc) is 3.11. The molecule has 3 N–H and O–H groups in total. The Hall–Kier alpha value is -2.96. The topological polar surface area (TPSA) is 80.9 Å². The third-order valence-electron chi connectivity index (χ3n) is 3.95. The van der Waals surface area contributed by atoms with Crippen LogP contribution in [0.1, 0.15) is 10.4 Å². The SMILES string of the molecule is Nc1nccc(-c2cccc(Cl)c2)c1NC(=O)c1ccc2ncsc2c1. The number of nitrogens with two attached hydrogens (primary N) is 1. The number of halogens is 1. The highest BCUT2D eigenvalue weighted by Crippen LogP contribution is 2.33. The van der Waals surface area contributed by atoms with Gasteiger partial charge in [-0.3, -0.25) is 4.79 Å². The summed E-state index contributed by atoms with van der Waals surface area (Å²) in [4.78, 5) is 21.1. The molecule has 2 aromatic heterocycles. The Balaban J connectivity index is 1.72. The maximum atomic E-state index is 12.7. The number of nitrogens with zero attached hydrogens (tertiary/aromatic N) is 2. The van der Waals surface area contributed by atoms with Crippen molar-refractivity contribution in [3.05, 3.63) is 70.8 Å². The third kappa shape index (κ3) is 3.12. The Morgan fingerprint density at radius 2 is 2.00 bits per heavy atom. The summed E-state index contributed by atoms with van der Waals surface area (Å²) in [6, 6.07) is 14.5. The van der Waals surface area contributed by atoms with E-state index in [0.29, 0.717) is 16.3 Å². The second-order valence-corrected chi connectivity index (χ2v) is 6.94. The molecule has 5 nitrogen and oxygen atoms in total. The second-order valence-electron chi connectivity index (χ2n) is 5.62. The lowest BCUT2D eigenvalue weighted by Gasteiger charge is -2.13. The van der Waals surface area contributed by atoms with Gasteiger partial charge in [-0.05, 0) is 42.0 Å². The van der Waals surface area contributed by atoms with Crippen LogP contribution >= 0.6 is 22.9 Å². The summed E-state index contributed by atoms with van der Waals surface area (Å²) in [6.45, 7) is 0. The van der Waals surface area contributed by atoms with E-state index >= 15 is 0 Å². The Bertz CT molecular complexity index is 1130. The number of hydrogen-bond donors (Lipinski definition) is 2. The highest BCUT2D eigenvalue weighted by atomic mass is 35.5. The first-order valence-corrected chi connectivity index (χ1v) is 9.02. The molecular formula is C19H13ClN4OS. The van der Waals surface area contributed by atoms with Gasteiger partial charge in [0.1, 0.15) is 5.82 Å². The highest BCUT2D eigenvalue weighted by molar-refractivity contribution is 7.16. The van der Waals surface area contributed by atoms with Gasteiger partial charge in [0.05, 0.1) is 21.4 Å². The number of rotatable bonds is 3. The summed E-state index contributed by atoms with van der Waals surface area (Å²) >= 11 is 7.58. The van der Waals surface area contributed by atoms with Gasteiger partial charge >= 0.3 is 0 Å². The molecule has 0 bridgehead atoms. The molecule has 128 valence electrons. The predicted octanol–water partition coefficient (Wildman–Crippen LogP) is 4.85. The maximum absolute atomic E-state index is 12.7. The third-order valence-corrected chi connectivity index (χ3v) is 4.97. The van der Waals surface area contributed by atoms with Crippen LogP contribution in [0.3, 0.4) is 0 Å². The lowest BCUT2D eigenvalue weighted by Crippen LogP contribution is -2.14. The molecule has 26 heavy (non-hydrogen) atoms. The van der Waals surface area contributed by atoms with Crippen molar-refractivity contribution in [3.63, 3.8) is 0 Å². The summed E-state index contributed by atoms with van der Waals surface area (Å²) in [5.74, 6) is -0.0158. The fraction of sp³-hybridized carbons (Fsp3) is 0. The molecule has 0 aliphatic carbocycles. The molecule has 1 amide bonds. The fourth-order valence-corrected chi connectivity index (χ4v) is 3.59. The molecule has 0 saturated carbocycles. The molecule has 4 aromatic rings. The zero-order valence-corrected chi connectivity index (χ0v) is 15.0. The molecule has 0 atom stereocenters. The summed E-state index contributed by atoms with van der Waals surface area (Å²) in [5, 5.41) is 3.49. The highest BCUT2D eigenvalue weighted by Gasteiger charge is 2.15. The number of carbonyl (C=O) groups excluding carboxylic acids is 1. The van der Waals surface area contributed by atoms with Crippen molar-refractivity contribution in [1.82, 2.24) is 9.97 Å². The molecular weight excluding hydrogens is 368 g/mol. The Morgan fingerprint density at radius 1 is 1.12 bits per heavy atom. The van der Waals surface area contributed by atoms with Crippen molar-refractivity contribution in [2.45, 2.75) is 0 Å². The molecule has 2 heterocycles. The molecule has 2 aromatic carbocycles. The van der Waals surface area contributed by atoms with E-state index in [1.54, 1.807) is 29.9 Å². The number of amides is 1. The lowest BCUT2D eigenvalue weighted by molar-refractivity contribution is 0.102. The number of aromatic nitrogens is 2. The largest absolute Gasteiger partial charge is 0.382 e. The molecule has 0 spiro atoms. The normalized spacial score (nSPS) is 10.8. The lowest BCUT2D eigenvalue weighted by atomic mass is 10.0. The number of benzene rings is 2. The number of nitrogens with one attached hydrogen (secondary N) is 1. The Labute approximate surface area is 158 Å². The van der Waals surface area contributed by atoms with Crippen molar-refractivity contribution < 1.29 is 4.79 Å². The standard InChI is InChI=1S/C19H13ClN4OS/c20-13-3-1-2-11(8-13)14-6-7-22-18(21)17(14)24-19(25)12-4-5-15-16(9-12)26-10-23-15/h1-10H,(H2,21,22)(H,24,25). The van der Waals surface area contributed by atoms with Crippen molar-refractivity contribution in [2.75, 3.05) is 11.1 Å². The number of fused-ring (bicyclic) bond motifs is 1. The number of nitrogen functional groups attached to an aromatic ring is 1. The van der Waals surface area contributed by atoms with Crippen molar-refractivity contribution >= 4 is 50.6 Å². The van der Waals surface area contributed by atoms with E-state index in [2.05, 4.69) is 15.3 Å². The quantitative estimate of drug-likeness (QED) is 0.532. The molecule has 0 aliphatic rings. The van der Waals surface area contributed by atoms with Crippen molar-refractivity contribution in [3.8, 4) is 11.1 Å². The van der Waals surface area contributed by atoms with Crippen LogP contribution in [0.4, 0.5) is 11.5 Å². The van der Waals surface area contributed by atoms with E-state index < -0.39 is 0 Å². The van der Waals surface area contributed by atoms with E-state index in [1.807, 2.05) is 30.3 Å². The van der Waals surface area contributed by atoms with Gasteiger partial charge in [-0.2, -0.15) is 0 Å². The maximum Gasteiger partial charge on any atom is 0.255 e. The van der Waals surface area contributed by atoms with E-state index in [1.165, 1.54) is 11.3 Å². The summed E-state index contributed by atoms with van der Waals surface area (Å²) in [5.41, 5.74) is 11.2. The van der Waals surface area contributed by atoms with Gasteiger partial charge in [0.25, 0.3) is 5.91 Å².